The standard InChI is InChI=1S/C23H22ClNO3/c1-27-21-15-20(22(28-2)14-19(21)24)25-23(26)13-18(16-9-5-3-6-10-16)17-11-7-4-8-12-17/h3-12,14-15,18H,13H2,1-2H3,(H,25,26). The molecule has 0 fully saturated rings. The lowest BCUT2D eigenvalue weighted by Crippen LogP contribution is -2.17. The van der Waals surface area contributed by atoms with Crippen LogP contribution in [0.25, 0.3) is 0 Å². The summed E-state index contributed by atoms with van der Waals surface area (Å²) in [4.78, 5) is 12.9. The molecule has 0 saturated heterocycles. The second-order valence-electron chi connectivity index (χ2n) is 6.31. The SMILES string of the molecule is COc1cc(NC(=O)CC(c2ccccc2)c2ccccc2)c(OC)cc1Cl. The molecule has 4 nitrogen and oxygen atoms in total. The zero-order chi connectivity index (χ0) is 19.9. The molecule has 0 bridgehead atoms. The van der Waals surface area contributed by atoms with Gasteiger partial charge in [-0.05, 0) is 11.1 Å². The monoisotopic (exact) mass is 395 g/mol. The first kappa shape index (κ1) is 19.8. The first-order valence-corrected chi connectivity index (χ1v) is 9.31. The van der Waals surface area contributed by atoms with Gasteiger partial charge in [0.2, 0.25) is 5.91 Å². The van der Waals surface area contributed by atoms with Crippen molar-refractivity contribution in [3.05, 3.63) is 88.9 Å². The normalized spacial score (nSPS) is 10.6. The number of methoxy groups -OCH3 is 2. The number of carbonyl (C=O) groups is 1. The van der Waals surface area contributed by atoms with Crippen LogP contribution in [0, 0.1) is 0 Å². The van der Waals surface area contributed by atoms with Crippen LogP contribution in [-0.2, 0) is 4.79 Å². The summed E-state index contributed by atoms with van der Waals surface area (Å²) in [6, 6.07) is 23.3. The van der Waals surface area contributed by atoms with E-state index in [1.165, 1.54) is 14.2 Å². The molecule has 5 heteroatoms. The van der Waals surface area contributed by atoms with Crippen LogP contribution in [0.3, 0.4) is 0 Å². The minimum absolute atomic E-state index is 0.0532. The Balaban J connectivity index is 1.85. The Labute approximate surface area is 170 Å². The third-order valence-electron chi connectivity index (χ3n) is 4.54. The first-order valence-electron chi connectivity index (χ1n) is 8.93. The molecule has 1 amide bonds. The topological polar surface area (TPSA) is 47.6 Å². The van der Waals surface area contributed by atoms with Gasteiger partial charge in [0.25, 0.3) is 0 Å². The van der Waals surface area contributed by atoms with E-state index in [2.05, 4.69) is 5.32 Å². The average molecular weight is 396 g/mol. The molecule has 0 unspecified atom stereocenters. The van der Waals surface area contributed by atoms with Crippen LogP contribution < -0.4 is 14.8 Å². The lowest BCUT2D eigenvalue weighted by molar-refractivity contribution is -0.116. The molecule has 0 aliphatic heterocycles. The second kappa shape index (κ2) is 9.29. The van der Waals surface area contributed by atoms with Gasteiger partial charge in [-0.15, -0.1) is 0 Å². The average Bonchev–Trinajstić information content (AvgIpc) is 2.74. The van der Waals surface area contributed by atoms with E-state index < -0.39 is 0 Å². The minimum atomic E-state index is -0.125. The molecule has 0 aliphatic carbocycles. The summed E-state index contributed by atoms with van der Waals surface area (Å²) in [7, 11) is 3.06. The molecule has 1 N–H and O–H groups in total. The predicted octanol–water partition coefficient (Wildman–Crippen LogP) is 5.52. The third-order valence-corrected chi connectivity index (χ3v) is 4.84. The Morgan fingerprint density at radius 1 is 0.893 bits per heavy atom. The van der Waals surface area contributed by atoms with Crippen LogP contribution >= 0.6 is 11.6 Å². The molecule has 0 aliphatic rings. The number of carbonyl (C=O) groups excluding carboxylic acids is 1. The largest absolute Gasteiger partial charge is 0.495 e. The molecule has 0 heterocycles. The fourth-order valence-corrected chi connectivity index (χ4v) is 3.37. The number of hydrogen-bond acceptors (Lipinski definition) is 3. The van der Waals surface area contributed by atoms with Crippen LogP contribution in [-0.4, -0.2) is 20.1 Å². The van der Waals surface area contributed by atoms with E-state index in [1.807, 2.05) is 60.7 Å². The Hall–Kier alpha value is -2.98. The van der Waals surface area contributed by atoms with E-state index in [0.29, 0.717) is 28.6 Å². The fourth-order valence-electron chi connectivity index (χ4n) is 3.14. The number of anilines is 1. The van der Waals surface area contributed by atoms with Gasteiger partial charge in [0.15, 0.2) is 0 Å². The summed E-state index contributed by atoms with van der Waals surface area (Å²) in [6.45, 7) is 0. The zero-order valence-corrected chi connectivity index (χ0v) is 16.6. The van der Waals surface area contributed by atoms with Crippen molar-refractivity contribution in [3.63, 3.8) is 0 Å². The van der Waals surface area contributed by atoms with E-state index in [9.17, 15) is 4.79 Å². The van der Waals surface area contributed by atoms with Crippen LogP contribution in [0.15, 0.2) is 72.8 Å². The molecule has 28 heavy (non-hydrogen) atoms. The lowest BCUT2D eigenvalue weighted by atomic mass is 9.88. The molecular weight excluding hydrogens is 374 g/mol. The molecule has 0 spiro atoms. The molecule has 3 aromatic rings. The number of nitrogens with one attached hydrogen (secondary N) is 1. The number of hydrogen-bond donors (Lipinski definition) is 1. The van der Waals surface area contributed by atoms with Crippen molar-refractivity contribution >= 4 is 23.2 Å². The van der Waals surface area contributed by atoms with Gasteiger partial charge >= 0.3 is 0 Å². The number of halogens is 1. The summed E-state index contributed by atoms with van der Waals surface area (Å²) in [5.74, 6) is 0.776. The molecule has 3 rings (SSSR count). The highest BCUT2D eigenvalue weighted by Gasteiger charge is 2.20. The predicted molar refractivity (Wildman–Crippen MR) is 113 cm³/mol. The van der Waals surface area contributed by atoms with Crippen LogP contribution in [0.4, 0.5) is 5.69 Å². The van der Waals surface area contributed by atoms with Gasteiger partial charge in [0, 0.05) is 24.5 Å². The molecule has 144 valence electrons. The summed E-state index contributed by atoms with van der Waals surface area (Å²) < 4.78 is 10.6. The Bertz CT molecular complexity index is 890. The lowest BCUT2D eigenvalue weighted by Gasteiger charge is -2.19. The fraction of sp³-hybridized carbons (Fsp3) is 0.174. The van der Waals surface area contributed by atoms with Crippen molar-refractivity contribution in [2.24, 2.45) is 0 Å². The Morgan fingerprint density at radius 2 is 1.43 bits per heavy atom. The first-order chi connectivity index (χ1) is 13.6. The zero-order valence-electron chi connectivity index (χ0n) is 15.8. The van der Waals surface area contributed by atoms with Gasteiger partial charge in [-0.25, -0.2) is 0 Å². The van der Waals surface area contributed by atoms with Gasteiger partial charge in [-0.1, -0.05) is 72.3 Å². The van der Waals surface area contributed by atoms with Gasteiger partial charge in [-0.3, -0.25) is 4.79 Å². The van der Waals surface area contributed by atoms with Gasteiger partial charge < -0.3 is 14.8 Å². The van der Waals surface area contributed by atoms with E-state index in [1.54, 1.807) is 12.1 Å². The molecule has 0 atom stereocenters. The highest BCUT2D eigenvalue weighted by molar-refractivity contribution is 6.32. The maximum atomic E-state index is 12.9. The maximum Gasteiger partial charge on any atom is 0.225 e. The number of rotatable bonds is 7. The van der Waals surface area contributed by atoms with E-state index in [0.717, 1.165) is 11.1 Å². The van der Waals surface area contributed by atoms with Crippen LogP contribution in [0.1, 0.15) is 23.5 Å². The molecule has 0 radical (unpaired) electrons. The molecular formula is C23H22ClNO3. The third kappa shape index (κ3) is 4.65. The smallest absolute Gasteiger partial charge is 0.225 e. The van der Waals surface area contributed by atoms with E-state index in [-0.39, 0.29) is 11.8 Å². The van der Waals surface area contributed by atoms with Gasteiger partial charge in [-0.2, -0.15) is 0 Å². The van der Waals surface area contributed by atoms with Crippen molar-refractivity contribution in [2.75, 3.05) is 19.5 Å². The van der Waals surface area contributed by atoms with E-state index >= 15 is 0 Å². The van der Waals surface area contributed by atoms with E-state index in [4.69, 9.17) is 21.1 Å². The summed E-state index contributed by atoms with van der Waals surface area (Å²) in [5, 5.41) is 3.35. The van der Waals surface area contributed by atoms with Crippen molar-refractivity contribution in [3.8, 4) is 11.5 Å². The van der Waals surface area contributed by atoms with Crippen LogP contribution in [0.5, 0.6) is 11.5 Å². The van der Waals surface area contributed by atoms with Crippen molar-refractivity contribution < 1.29 is 14.3 Å². The maximum absolute atomic E-state index is 12.9. The van der Waals surface area contributed by atoms with Crippen molar-refractivity contribution in [1.82, 2.24) is 0 Å². The van der Waals surface area contributed by atoms with Crippen molar-refractivity contribution in [1.29, 1.82) is 0 Å². The number of ether oxygens (including phenoxy) is 2. The number of benzene rings is 3. The Kier molecular flexibility index (Phi) is 6.56. The van der Waals surface area contributed by atoms with Gasteiger partial charge in [0.05, 0.1) is 24.9 Å². The minimum Gasteiger partial charge on any atom is -0.495 e. The van der Waals surface area contributed by atoms with Gasteiger partial charge in [0.1, 0.15) is 11.5 Å². The van der Waals surface area contributed by atoms with Crippen molar-refractivity contribution in [2.45, 2.75) is 12.3 Å². The second-order valence-corrected chi connectivity index (χ2v) is 6.72. The highest BCUT2D eigenvalue weighted by atomic mass is 35.5. The quantitative estimate of drug-likeness (QED) is 0.573. The molecule has 3 aromatic carbocycles. The van der Waals surface area contributed by atoms with Crippen LogP contribution in [0.2, 0.25) is 5.02 Å². The summed E-state index contributed by atoms with van der Waals surface area (Å²) >= 11 is 6.14. The highest BCUT2D eigenvalue weighted by Crippen LogP contribution is 2.36. The Morgan fingerprint density at radius 3 is 1.93 bits per heavy atom. The summed E-state index contributed by atoms with van der Waals surface area (Å²) in [5.41, 5.74) is 2.70. The molecule has 0 saturated carbocycles. The molecule has 0 aromatic heterocycles. The number of amides is 1. The summed E-state index contributed by atoms with van der Waals surface area (Å²) in [6.07, 6.45) is 0.294.